The van der Waals surface area contributed by atoms with Gasteiger partial charge >= 0.3 is 0 Å². The maximum absolute atomic E-state index is 5.84. The highest BCUT2D eigenvalue weighted by atomic mass is 16.5. The van der Waals surface area contributed by atoms with Gasteiger partial charge in [0.25, 0.3) is 0 Å². The molecule has 0 aromatic heterocycles. The predicted molar refractivity (Wildman–Crippen MR) is 70.0 cm³/mol. The molecule has 2 aliphatic carbocycles. The van der Waals surface area contributed by atoms with Crippen LogP contribution in [-0.4, -0.2) is 25.3 Å². The summed E-state index contributed by atoms with van der Waals surface area (Å²) in [6.45, 7) is 6.95. The van der Waals surface area contributed by atoms with E-state index in [-0.39, 0.29) is 0 Å². The van der Waals surface area contributed by atoms with E-state index in [0.717, 1.165) is 18.4 Å². The maximum Gasteiger partial charge on any atom is 0.0685 e. The maximum atomic E-state index is 5.84. The molecule has 3 atom stereocenters. The van der Waals surface area contributed by atoms with Crippen LogP contribution in [0.5, 0.6) is 0 Å². The molecule has 98 valence electrons. The number of nitrogens with one attached hydrogen (secondary N) is 1. The Balaban J connectivity index is 1.45. The van der Waals surface area contributed by atoms with Gasteiger partial charge in [-0.3, -0.25) is 0 Å². The van der Waals surface area contributed by atoms with Crippen LogP contribution >= 0.6 is 0 Å². The minimum Gasteiger partial charge on any atom is -0.377 e. The standard InChI is InChI=1S/C15H27NO/c1-15(2)13(12-8-10-17-14(12)15)16-9-7-11-5-3-4-6-11/h11-14,16H,3-10H2,1-2H3. The van der Waals surface area contributed by atoms with Gasteiger partial charge in [-0.1, -0.05) is 39.5 Å². The van der Waals surface area contributed by atoms with Crippen LogP contribution in [0.1, 0.15) is 52.4 Å². The molecule has 1 heterocycles. The summed E-state index contributed by atoms with van der Waals surface area (Å²) in [6, 6.07) is 0.705. The van der Waals surface area contributed by atoms with Crippen LogP contribution < -0.4 is 5.32 Å². The zero-order chi connectivity index (χ0) is 11.9. The molecule has 3 rings (SSSR count). The number of rotatable bonds is 4. The Morgan fingerprint density at radius 3 is 2.71 bits per heavy atom. The molecule has 0 aromatic carbocycles. The van der Waals surface area contributed by atoms with Crippen LogP contribution in [0.15, 0.2) is 0 Å². The van der Waals surface area contributed by atoms with E-state index in [0.29, 0.717) is 17.6 Å². The van der Waals surface area contributed by atoms with E-state index in [1.807, 2.05) is 0 Å². The van der Waals surface area contributed by atoms with Gasteiger partial charge in [-0.2, -0.15) is 0 Å². The lowest BCUT2D eigenvalue weighted by Crippen LogP contribution is -2.65. The summed E-state index contributed by atoms with van der Waals surface area (Å²) < 4.78 is 5.84. The van der Waals surface area contributed by atoms with Crippen LogP contribution in [0.25, 0.3) is 0 Å². The third-order valence-electron chi connectivity index (χ3n) is 5.49. The highest BCUT2D eigenvalue weighted by Gasteiger charge is 2.58. The molecule has 3 aliphatic rings. The van der Waals surface area contributed by atoms with E-state index in [2.05, 4.69) is 19.2 Å². The molecule has 1 aliphatic heterocycles. The van der Waals surface area contributed by atoms with Crippen LogP contribution in [0.4, 0.5) is 0 Å². The first-order valence-electron chi connectivity index (χ1n) is 7.54. The van der Waals surface area contributed by atoms with Crippen molar-refractivity contribution < 1.29 is 4.74 Å². The fraction of sp³-hybridized carbons (Fsp3) is 1.00. The molecule has 3 unspecified atom stereocenters. The van der Waals surface area contributed by atoms with Gasteiger partial charge in [0.05, 0.1) is 6.10 Å². The third-order valence-corrected chi connectivity index (χ3v) is 5.49. The molecule has 2 heteroatoms. The largest absolute Gasteiger partial charge is 0.377 e. The predicted octanol–water partition coefficient (Wildman–Crippen LogP) is 2.97. The smallest absolute Gasteiger partial charge is 0.0685 e. The number of hydrogen-bond acceptors (Lipinski definition) is 2. The molecular weight excluding hydrogens is 210 g/mol. The summed E-state index contributed by atoms with van der Waals surface area (Å²) >= 11 is 0. The second-order valence-corrected chi connectivity index (χ2v) is 6.94. The summed E-state index contributed by atoms with van der Waals surface area (Å²) in [7, 11) is 0. The van der Waals surface area contributed by atoms with Crippen molar-refractivity contribution in [2.45, 2.75) is 64.5 Å². The summed E-state index contributed by atoms with van der Waals surface area (Å²) in [5, 5.41) is 3.83. The van der Waals surface area contributed by atoms with Gasteiger partial charge in [0.1, 0.15) is 0 Å². The molecule has 1 N–H and O–H groups in total. The number of ether oxygens (including phenoxy) is 1. The lowest BCUT2D eigenvalue weighted by atomic mass is 9.57. The number of fused-ring (bicyclic) bond motifs is 1. The van der Waals surface area contributed by atoms with Crippen molar-refractivity contribution in [3.8, 4) is 0 Å². The van der Waals surface area contributed by atoms with E-state index in [1.54, 1.807) is 0 Å². The molecule has 1 saturated heterocycles. The van der Waals surface area contributed by atoms with Gasteiger partial charge < -0.3 is 10.1 Å². The van der Waals surface area contributed by atoms with Gasteiger partial charge in [-0.05, 0) is 25.3 Å². The molecule has 2 saturated carbocycles. The van der Waals surface area contributed by atoms with Gasteiger partial charge in [0, 0.05) is 24.0 Å². The first kappa shape index (κ1) is 12.0. The third kappa shape index (κ3) is 2.04. The molecule has 0 aromatic rings. The van der Waals surface area contributed by atoms with Crippen molar-refractivity contribution in [3.05, 3.63) is 0 Å². The van der Waals surface area contributed by atoms with Crippen LogP contribution in [0.3, 0.4) is 0 Å². The fourth-order valence-corrected chi connectivity index (χ4v) is 4.48. The van der Waals surface area contributed by atoms with Crippen LogP contribution in [0.2, 0.25) is 0 Å². The van der Waals surface area contributed by atoms with Crippen molar-refractivity contribution in [2.75, 3.05) is 13.2 Å². The first-order valence-corrected chi connectivity index (χ1v) is 7.54. The first-order chi connectivity index (χ1) is 8.19. The SMILES string of the molecule is CC1(C)C(NCCC2CCCC2)C2CCOC21. The summed E-state index contributed by atoms with van der Waals surface area (Å²) in [5.74, 6) is 1.81. The molecule has 0 amide bonds. The lowest BCUT2D eigenvalue weighted by molar-refractivity contribution is -0.112. The van der Waals surface area contributed by atoms with Crippen molar-refractivity contribution in [2.24, 2.45) is 17.3 Å². The summed E-state index contributed by atoms with van der Waals surface area (Å²) in [5.41, 5.74) is 0.358. The second kappa shape index (κ2) is 4.55. The van der Waals surface area contributed by atoms with E-state index in [4.69, 9.17) is 4.74 Å². The zero-order valence-corrected chi connectivity index (χ0v) is 11.4. The molecule has 3 fully saturated rings. The van der Waals surface area contributed by atoms with E-state index >= 15 is 0 Å². The fourth-order valence-electron chi connectivity index (χ4n) is 4.48. The van der Waals surface area contributed by atoms with Crippen LogP contribution in [0, 0.1) is 17.3 Å². The van der Waals surface area contributed by atoms with Gasteiger partial charge in [0.15, 0.2) is 0 Å². The Bertz CT molecular complexity index is 270. The molecule has 17 heavy (non-hydrogen) atoms. The lowest BCUT2D eigenvalue weighted by Gasteiger charge is -2.55. The molecule has 2 nitrogen and oxygen atoms in total. The zero-order valence-electron chi connectivity index (χ0n) is 11.4. The monoisotopic (exact) mass is 237 g/mol. The minimum atomic E-state index is 0.358. The Hall–Kier alpha value is -0.0800. The summed E-state index contributed by atoms with van der Waals surface area (Å²) in [4.78, 5) is 0. The van der Waals surface area contributed by atoms with E-state index in [9.17, 15) is 0 Å². The van der Waals surface area contributed by atoms with E-state index < -0.39 is 0 Å². The van der Waals surface area contributed by atoms with Crippen molar-refractivity contribution in [3.63, 3.8) is 0 Å². The quantitative estimate of drug-likeness (QED) is 0.811. The van der Waals surface area contributed by atoms with Crippen molar-refractivity contribution >= 4 is 0 Å². The van der Waals surface area contributed by atoms with E-state index in [1.165, 1.54) is 45.1 Å². The second-order valence-electron chi connectivity index (χ2n) is 6.94. The highest BCUT2D eigenvalue weighted by molar-refractivity contribution is 5.11. The topological polar surface area (TPSA) is 21.3 Å². The molecule has 0 spiro atoms. The van der Waals surface area contributed by atoms with Crippen molar-refractivity contribution in [1.29, 1.82) is 0 Å². The van der Waals surface area contributed by atoms with Gasteiger partial charge in [0.2, 0.25) is 0 Å². The Morgan fingerprint density at radius 2 is 1.94 bits per heavy atom. The molecular formula is C15H27NO. The average Bonchev–Trinajstić information content (AvgIpc) is 2.94. The molecule has 0 bridgehead atoms. The Morgan fingerprint density at radius 1 is 1.18 bits per heavy atom. The normalized spacial score (nSPS) is 40.2. The van der Waals surface area contributed by atoms with Gasteiger partial charge in [-0.25, -0.2) is 0 Å². The minimum absolute atomic E-state index is 0.358. The number of hydrogen-bond donors (Lipinski definition) is 1. The van der Waals surface area contributed by atoms with Crippen molar-refractivity contribution in [1.82, 2.24) is 5.32 Å². The van der Waals surface area contributed by atoms with Gasteiger partial charge in [-0.15, -0.1) is 0 Å². The highest BCUT2D eigenvalue weighted by Crippen LogP contribution is 2.52. The molecule has 0 radical (unpaired) electrons. The van der Waals surface area contributed by atoms with Crippen LogP contribution in [-0.2, 0) is 4.74 Å². The summed E-state index contributed by atoms with van der Waals surface area (Å²) in [6.07, 6.45) is 9.10. The Labute approximate surface area is 105 Å². The Kier molecular flexibility index (Phi) is 3.20. The average molecular weight is 237 g/mol.